The van der Waals surface area contributed by atoms with Crippen LogP contribution in [-0.2, 0) is 11.3 Å². The third kappa shape index (κ3) is 3.22. The van der Waals surface area contributed by atoms with E-state index in [-0.39, 0.29) is 6.61 Å². The lowest BCUT2D eigenvalue weighted by Crippen LogP contribution is -2.05. The van der Waals surface area contributed by atoms with Crippen LogP contribution in [0.3, 0.4) is 0 Å². The van der Waals surface area contributed by atoms with Crippen LogP contribution in [0.5, 0.6) is 0 Å². The van der Waals surface area contributed by atoms with Crippen molar-refractivity contribution in [2.75, 3.05) is 0 Å². The summed E-state index contributed by atoms with van der Waals surface area (Å²) in [7, 11) is 0. The number of ether oxygens (including phenoxy) is 1. The summed E-state index contributed by atoms with van der Waals surface area (Å²) in [5.41, 5.74) is 1.73. The normalized spacial score (nSPS) is 10.1. The van der Waals surface area contributed by atoms with Gasteiger partial charge in [-0.15, -0.1) is 22.7 Å². The van der Waals surface area contributed by atoms with E-state index in [1.165, 1.54) is 11.3 Å². The summed E-state index contributed by atoms with van der Waals surface area (Å²) >= 11 is 3.01. The van der Waals surface area contributed by atoms with Gasteiger partial charge in [-0.3, -0.25) is 0 Å². The number of thiophene rings is 1. The zero-order valence-electron chi connectivity index (χ0n) is 11.4. The number of esters is 1. The Morgan fingerprint density at radius 3 is 2.73 bits per heavy atom. The van der Waals surface area contributed by atoms with Crippen LogP contribution in [0, 0.1) is 11.3 Å². The molecule has 0 amide bonds. The molecule has 0 bridgehead atoms. The van der Waals surface area contributed by atoms with Crippen molar-refractivity contribution in [3.8, 4) is 16.0 Å². The molecule has 22 heavy (non-hydrogen) atoms. The van der Waals surface area contributed by atoms with Crippen LogP contribution in [0.2, 0.25) is 0 Å². The molecule has 0 aliphatic heterocycles. The molecular formula is C16H10N2O2S2. The van der Waals surface area contributed by atoms with Crippen LogP contribution in [0.4, 0.5) is 0 Å². The monoisotopic (exact) mass is 326 g/mol. The van der Waals surface area contributed by atoms with E-state index in [9.17, 15) is 4.79 Å². The van der Waals surface area contributed by atoms with Gasteiger partial charge in [-0.1, -0.05) is 18.2 Å². The molecule has 0 spiro atoms. The highest BCUT2D eigenvalue weighted by Gasteiger charge is 2.13. The van der Waals surface area contributed by atoms with E-state index in [2.05, 4.69) is 4.98 Å². The highest BCUT2D eigenvalue weighted by molar-refractivity contribution is 7.20. The molecule has 0 aliphatic carbocycles. The number of carbonyl (C=O) groups is 1. The van der Waals surface area contributed by atoms with E-state index in [1.807, 2.05) is 23.6 Å². The summed E-state index contributed by atoms with van der Waals surface area (Å²) in [6.45, 7) is 0.163. The molecule has 0 aliphatic rings. The van der Waals surface area contributed by atoms with Gasteiger partial charge in [-0.05, 0) is 29.1 Å². The zero-order valence-corrected chi connectivity index (χ0v) is 13.0. The molecular weight excluding hydrogens is 316 g/mol. The predicted octanol–water partition coefficient (Wildman–Crippen LogP) is 4.10. The van der Waals surface area contributed by atoms with Gasteiger partial charge in [0.25, 0.3) is 0 Å². The third-order valence-electron chi connectivity index (χ3n) is 2.90. The molecule has 0 radical (unpaired) electrons. The fraction of sp³-hybridized carbons (Fsp3) is 0.0625. The van der Waals surface area contributed by atoms with Crippen molar-refractivity contribution < 1.29 is 9.53 Å². The molecule has 4 nitrogen and oxygen atoms in total. The van der Waals surface area contributed by atoms with Crippen LogP contribution in [-0.4, -0.2) is 11.0 Å². The second kappa shape index (κ2) is 6.52. The molecule has 0 unspecified atom stereocenters. The van der Waals surface area contributed by atoms with Crippen molar-refractivity contribution in [2.45, 2.75) is 6.61 Å². The van der Waals surface area contributed by atoms with Crippen LogP contribution in [0.1, 0.15) is 21.6 Å². The zero-order chi connectivity index (χ0) is 15.4. The van der Waals surface area contributed by atoms with E-state index in [0.29, 0.717) is 11.3 Å². The second-order valence-corrected chi connectivity index (χ2v) is 6.21. The minimum atomic E-state index is -0.441. The van der Waals surface area contributed by atoms with Gasteiger partial charge in [-0.2, -0.15) is 5.26 Å². The van der Waals surface area contributed by atoms with Gasteiger partial charge >= 0.3 is 5.97 Å². The van der Waals surface area contributed by atoms with Gasteiger partial charge in [0.15, 0.2) is 5.69 Å². The standard InChI is InChI=1S/C16H10N2O2S2/c17-8-11-3-5-12(6-4-11)9-20-16(19)13-10-22-15(18-13)14-2-1-7-21-14/h1-7,10H,9H2. The maximum absolute atomic E-state index is 12.0. The topological polar surface area (TPSA) is 63.0 Å². The van der Waals surface area contributed by atoms with Crippen molar-refractivity contribution in [3.63, 3.8) is 0 Å². The molecule has 0 atom stereocenters. The average Bonchev–Trinajstić information content (AvgIpc) is 3.23. The SMILES string of the molecule is N#Cc1ccc(COC(=O)c2csc(-c3cccs3)n2)cc1. The largest absolute Gasteiger partial charge is 0.456 e. The number of nitriles is 1. The first-order chi connectivity index (χ1) is 10.8. The van der Waals surface area contributed by atoms with Crippen molar-refractivity contribution in [2.24, 2.45) is 0 Å². The van der Waals surface area contributed by atoms with E-state index >= 15 is 0 Å². The third-order valence-corrected chi connectivity index (χ3v) is 4.78. The average molecular weight is 326 g/mol. The Kier molecular flexibility index (Phi) is 4.28. The number of carbonyl (C=O) groups excluding carboxylic acids is 1. The van der Waals surface area contributed by atoms with Gasteiger partial charge in [0.1, 0.15) is 11.6 Å². The predicted molar refractivity (Wildman–Crippen MR) is 85.7 cm³/mol. The highest BCUT2D eigenvalue weighted by Crippen LogP contribution is 2.28. The van der Waals surface area contributed by atoms with E-state index in [0.717, 1.165) is 15.4 Å². The summed E-state index contributed by atoms with van der Waals surface area (Å²) in [5, 5.41) is 13.2. The first-order valence-electron chi connectivity index (χ1n) is 6.42. The molecule has 0 saturated heterocycles. The van der Waals surface area contributed by atoms with Gasteiger partial charge in [-0.25, -0.2) is 9.78 Å². The number of hydrogen-bond acceptors (Lipinski definition) is 6. The molecule has 108 valence electrons. The lowest BCUT2D eigenvalue weighted by atomic mass is 10.2. The molecule has 0 saturated carbocycles. The molecule has 3 aromatic rings. The molecule has 3 rings (SSSR count). The van der Waals surface area contributed by atoms with Gasteiger partial charge in [0.2, 0.25) is 0 Å². The number of hydrogen-bond donors (Lipinski definition) is 0. The van der Waals surface area contributed by atoms with Crippen molar-refractivity contribution in [3.05, 3.63) is 64.0 Å². The fourth-order valence-corrected chi connectivity index (χ4v) is 3.38. The van der Waals surface area contributed by atoms with Gasteiger partial charge in [0, 0.05) is 5.38 Å². The summed E-state index contributed by atoms with van der Waals surface area (Å²) in [4.78, 5) is 17.3. The van der Waals surface area contributed by atoms with Crippen LogP contribution < -0.4 is 0 Å². The van der Waals surface area contributed by atoms with Crippen molar-refractivity contribution in [1.82, 2.24) is 4.98 Å². The van der Waals surface area contributed by atoms with Crippen LogP contribution in [0.25, 0.3) is 9.88 Å². The molecule has 6 heteroatoms. The fourth-order valence-electron chi connectivity index (χ4n) is 1.78. The number of benzene rings is 1. The van der Waals surface area contributed by atoms with Crippen molar-refractivity contribution >= 4 is 28.6 Å². The lowest BCUT2D eigenvalue weighted by Gasteiger charge is -2.03. The number of aromatic nitrogens is 1. The maximum atomic E-state index is 12.0. The van der Waals surface area contributed by atoms with Gasteiger partial charge < -0.3 is 4.74 Å². The Morgan fingerprint density at radius 2 is 2.05 bits per heavy atom. The minimum absolute atomic E-state index is 0.163. The van der Waals surface area contributed by atoms with E-state index < -0.39 is 5.97 Å². The second-order valence-electron chi connectivity index (χ2n) is 4.40. The number of thiazole rings is 1. The minimum Gasteiger partial charge on any atom is -0.456 e. The first kappa shape index (κ1) is 14.4. The van der Waals surface area contributed by atoms with Gasteiger partial charge in [0.05, 0.1) is 16.5 Å². The smallest absolute Gasteiger partial charge is 0.358 e. The highest BCUT2D eigenvalue weighted by atomic mass is 32.1. The molecule has 0 N–H and O–H groups in total. The quantitative estimate of drug-likeness (QED) is 0.677. The Morgan fingerprint density at radius 1 is 1.23 bits per heavy atom. The summed E-state index contributed by atoms with van der Waals surface area (Å²) in [6.07, 6.45) is 0. The molecule has 0 fully saturated rings. The van der Waals surface area contributed by atoms with Crippen molar-refractivity contribution in [1.29, 1.82) is 5.26 Å². The van der Waals surface area contributed by atoms with Crippen LogP contribution >= 0.6 is 22.7 Å². The van der Waals surface area contributed by atoms with Crippen LogP contribution in [0.15, 0.2) is 47.2 Å². The maximum Gasteiger partial charge on any atom is 0.358 e. The first-order valence-corrected chi connectivity index (χ1v) is 8.18. The number of rotatable bonds is 4. The Hall–Kier alpha value is -2.49. The lowest BCUT2D eigenvalue weighted by molar-refractivity contribution is 0.0467. The summed E-state index contributed by atoms with van der Waals surface area (Å²) < 4.78 is 5.24. The number of nitrogens with zero attached hydrogens (tertiary/aromatic N) is 2. The molecule has 1 aromatic carbocycles. The summed E-state index contributed by atoms with van der Waals surface area (Å²) in [6, 6.07) is 12.9. The van der Waals surface area contributed by atoms with E-state index in [4.69, 9.17) is 10.00 Å². The Balaban J connectivity index is 1.63. The van der Waals surface area contributed by atoms with E-state index in [1.54, 1.807) is 41.0 Å². The Labute approximate surface area is 135 Å². The molecule has 2 aromatic heterocycles. The molecule has 2 heterocycles. The summed E-state index contributed by atoms with van der Waals surface area (Å²) in [5.74, 6) is -0.441. The Bertz CT molecular complexity index is 815.